The van der Waals surface area contributed by atoms with Crippen molar-refractivity contribution in [3.63, 3.8) is 0 Å². The van der Waals surface area contributed by atoms with E-state index in [1.807, 2.05) is 37.6 Å². The second-order valence-electron chi connectivity index (χ2n) is 7.01. The zero-order chi connectivity index (χ0) is 21.8. The van der Waals surface area contributed by atoms with Gasteiger partial charge in [-0.2, -0.15) is 0 Å². The zero-order valence-corrected chi connectivity index (χ0v) is 17.5. The minimum Gasteiger partial charge on any atom is -0.378 e. The van der Waals surface area contributed by atoms with Gasteiger partial charge >= 0.3 is 0 Å². The van der Waals surface area contributed by atoms with Crippen molar-refractivity contribution in [1.82, 2.24) is 35.2 Å². The molecule has 0 spiro atoms. The van der Waals surface area contributed by atoms with Crippen LogP contribution in [0.25, 0.3) is 11.5 Å². The normalized spacial score (nSPS) is 10.8. The first-order valence-electron chi connectivity index (χ1n) is 9.71. The molecule has 0 aliphatic carbocycles. The van der Waals surface area contributed by atoms with Gasteiger partial charge in [0.15, 0.2) is 11.6 Å². The van der Waals surface area contributed by atoms with Crippen molar-refractivity contribution in [1.29, 1.82) is 0 Å². The molecule has 31 heavy (non-hydrogen) atoms. The van der Waals surface area contributed by atoms with Crippen molar-refractivity contribution in [2.75, 3.05) is 5.32 Å². The van der Waals surface area contributed by atoms with Crippen LogP contribution in [0.3, 0.4) is 0 Å². The molecule has 0 radical (unpaired) electrons. The Morgan fingerprint density at radius 1 is 1.16 bits per heavy atom. The maximum Gasteiger partial charge on any atom is 0.251 e. The molecule has 4 rings (SSSR count). The predicted octanol–water partition coefficient (Wildman–Crippen LogP) is 2.42. The molecule has 0 bridgehead atoms. The molecule has 3 aromatic heterocycles. The van der Waals surface area contributed by atoms with Gasteiger partial charge in [-0.25, -0.2) is 9.97 Å². The SMILES string of the molecule is Cc1noc(C)c1CNC(=O)c1cccc(NCc2nnc(-c3ccncn3)n2C)c1. The fourth-order valence-corrected chi connectivity index (χ4v) is 3.14. The van der Waals surface area contributed by atoms with Gasteiger partial charge in [-0.1, -0.05) is 11.2 Å². The first-order valence-corrected chi connectivity index (χ1v) is 9.71. The number of aryl methyl sites for hydroxylation is 2. The highest BCUT2D eigenvalue weighted by Gasteiger charge is 2.13. The summed E-state index contributed by atoms with van der Waals surface area (Å²) in [5.74, 6) is 1.93. The van der Waals surface area contributed by atoms with E-state index in [4.69, 9.17) is 4.52 Å². The van der Waals surface area contributed by atoms with Gasteiger partial charge in [0.05, 0.1) is 12.2 Å². The van der Waals surface area contributed by atoms with Crippen molar-refractivity contribution >= 4 is 11.6 Å². The van der Waals surface area contributed by atoms with Crippen molar-refractivity contribution in [3.8, 4) is 11.5 Å². The second-order valence-corrected chi connectivity index (χ2v) is 7.01. The van der Waals surface area contributed by atoms with Crippen LogP contribution in [0.2, 0.25) is 0 Å². The summed E-state index contributed by atoms with van der Waals surface area (Å²) in [5, 5.41) is 18.6. The summed E-state index contributed by atoms with van der Waals surface area (Å²) < 4.78 is 7.01. The van der Waals surface area contributed by atoms with E-state index >= 15 is 0 Å². The van der Waals surface area contributed by atoms with E-state index in [-0.39, 0.29) is 5.91 Å². The molecule has 0 atom stereocenters. The lowest BCUT2D eigenvalue weighted by molar-refractivity contribution is 0.0951. The molecule has 10 heteroatoms. The molecule has 1 aromatic carbocycles. The number of carbonyl (C=O) groups excluding carboxylic acids is 1. The molecule has 0 saturated carbocycles. The fourth-order valence-electron chi connectivity index (χ4n) is 3.14. The van der Waals surface area contributed by atoms with E-state index in [1.54, 1.807) is 24.4 Å². The number of benzene rings is 1. The zero-order valence-electron chi connectivity index (χ0n) is 17.5. The molecule has 4 aromatic rings. The maximum atomic E-state index is 12.6. The van der Waals surface area contributed by atoms with Crippen molar-refractivity contribution in [2.45, 2.75) is 26.9 Å². The molecule has 3 heterocycles. The highest BCUT2D eigenvalue weighted by Crippen LogP contribution is 2.16. The monoisotopic (exact) mass is 418 g/mol. The topological polar surface area (TPSA) is 124 Å². The van der Waals surface area contributed by atoms with Crippen molar-refractivity contribution in [2.24, 2.45) is 7.05 Å². The largest absolute Gasteiger partial charge is 0.378 e. The lowest BCUT2D eigenvalue weighted by atomic mass is 10.1. The summed E-state index contributed by atoms with van der Waals surface area (Å²) in [5.41, 5.74) is 3.73. The summed E-state index contributed by atoms with van der Waals surface area (Å²) in [6, 6.07) is 9.07. The minimum atomic E-state index is -0.173. The van der Waals surface area contributed by atoms with Crippen LogP contribution in [0.15, 0.2) is 47.4 Å². The molecule has 158 valence electrons. The number of aromatic nitrogens is 6. The minimum absolute atomic E-state index is 0.173. The van der Waals surface area contributed by atoms with Gasteiger partial charge in [0.25, 0.3) is 5.91 Å². The predicted molar refractivity (Wildman–Crippen MR) is 113 cm³/mol. The van der Waals surface area contributed by atoms with E-state index in [9.17, 15) is 4.79 Å². The van der Waals surface area contributed by atoms with Crippen LogP contribution in [0, 0.1) is 13.8 Å². The van der Waals surface area contributed by atoms with E-state index in [2.05, 4.69) is 36.0 Å². The lowest BCUT2D eigenvalue weighted by Crippen LogP contribution is -2.23. The Balaban J connectivity index is 1.40. The third-order valence-electron chi connectivity index (χ3n) is 4.96. The van der Waals surface area contributed by atoms with Gasteiger partial charge in [-0.3, -0.25) is 4.79 Å². The highest BCUT2D eigenvalue weighted by atomic mass is 16.5. The number of hydrogen-bond donors (Lipinski definition) is 2. The summed E-state index contributed by atoms with van der Waals surface area (Å²) in [4.78, 5) is 20.7. The Kier molecular flexibility index (Phi) is 5.69. The number of carbonyl (C=O) groups is 1. The number of nitrogens with zero attached hydrogens (tertiary/aromatic N) is 6. The van der Waals surface area contributed by atoms with E-state index < -0.39 is 0 Å². The van der Waals surface area contributed by atoms with Crippen LogP contribution in [-0.4, -0.2) is 35.8 Å². The number of rotatable bonds is 7. The van der Waals surface area contributed by atoms with Gasteiger partial charge < -0.3 is 19.7 Å². The van der Waals surface area contributed by atoms with Gasteiger partial charge in [0, 0.05) is 36.6 Å². The number of nitrogens with one attached hydrogen (secondary N) is 2. The van der Waals surface area contributed by atoms with E-state index in [1.165, 1.54) is 6.33 Å². The van der Waals surface area contributed by atoms with Crippen molar-refractivity contribution in [3.05, 3.63) is 71.3 Å². The quantitative estimate of drug-likeness (QED) is 0.469. The fraction of sp³-hybridized carbons (Fsp3) is 0.238. The lowest BCUT2D eigenvalue weighted by Gasteiger charge is -2.09. The van der Waals surface area contributed by atoms with Gasteiger partial charge in [0.1, 0.15) is 17.8 Å². The number of anilines is 1. The molecule has 0 unspecified atom stereocenters. The van der Waals surface area contributed by atoms with Crippen LogP contribution in [0.1, 0.15) is 33.2 Å². The summed E-state index contributed by atoms with van der Waals surface area (Å²) in [6.45, 7) is 4.49. The molecule has 0 aliphatic rings. The molecule has 1 amide bonds. The molecule has 0 saturated heterocycles. The summed E-state index contributed by atoms with van der Waals surface area (Å²) >= 11 is 0. The first kappa shape index (κ1) is 20.2. The van der Waals surface area contributed by atoms with Crippen LogP contribution in [0.4, 0.5) is 5.69 Å². The molecular weight excluding hydrogens is 396 g/mol. The third-order valence-corrected chi connectivity index (χ3v) is 4.96. The summed E-state index contributed by atoms with van der Waals surface area (Å²) in [6.07, 6.45) is 3.14. The Labute approximate surface area is 178 Å². The molecular formula is C21H22N8O2. The Morgan fingerprint density at radius 3 is 2.77 bits per heavy atom. The average Bonchev–Trinajstić information content (AvgIpc) is 3.32. The molecule has 2 N–H and O–H groups in total. The molecule has 10 nitrogen and oxygen atoms in total. The van der Waals surface area contributed by atoms with Gasteiger partial charge in [-0.15, -0.1) is 10.2 Å². The average molecular weight is 418 g/mol. The van der Waals surface area contributed by atoms with Crippen molar-refractivity contribution < 1.29 is 9.32 Å². The van der Waals surface area contributed by atoms with E-state index in [0.717, 1.165) is 22.8 Å². The smallest absolute Gasteiger partial charge is 0.251 e. The second kappa shape index (κ2) is 8.74. The van der Waals surface area contributed by atoms with Crippen LogP contribution in [0.5, 0.6) is 0 Å². The first-order chi connectivity index (χ1) is 15.0. The highest BCUT2D eigenvalue weighted by molar-refractivity contribution is 5.95. The van der Waals surface area contributed by atoms with Gasteiger partial charge in [-0.05, 0) is 38.1 Å². The third kappa shape index (κ3) is 4.42. The van der Waals surface area contributed by atoms with Crippen LogP contribution in [-0.2, 0) is 20.1 Å². The van der Waals surface area contributed by atoms with Crippen LogP contribution < -0.4 is 10.6 Å². The standard InChI is InChI=1S/C21H22N8O2/c1-13-17(14(2)31-28-13)10-24-21(30)15-5-4-6-16(9-15)23-11-19-26-27-20(29(19)3)18-7-8-22-12-25-18/h4-9,12,23H,10-11H2,1-3H3,(H,24,30). The van der Waals surface area contributed by atoms with Crippen LogP contribution >= 0.6 is 0 Å². The molecule has 0 aliphatic heterocycles. The Morgan fingerprint density at radius 2 is 2.03 bits per heavy atom. The number of hydrogen-bond acceptors (Lipinski definition) is 8. The Bertz CT molecular complexity index is 1180. The van der Waals surface area contributed by atoms with Gasteiger partial charge in [0.2, 0.25) is 0 Å². The summed E-state index contributed by atoms with van der Waals surface area (Å²) in [7, 11) is 1.88. The number of amides is 1. The Hall–Kier alpha value is -4.08. The molecule has 0 fully saturated rings. The maximum absolute atomic E-state index is 12.6. The van der Waals surface area contributed by atoms with E-state index in [0.29, 0.717) is 35.9 Å².